The Balaban J connectivity index is 1.41. The minimum absolute atomic E-state index is 0.132. The summed E-state index contributed by atoms with van der Waals surface area (Å²) in [4.78, 5) is 14.7. The van der Waals surface area contributed by atoms with E-state index in [1.165, 1.54) is 0 Å². The van der Waals surface area contributed by atoms with Gasteiger partial charge in [0.05, 0.1) is 29.8 Å². The number of benzene rings is 2. The van der Waals surface area contributed by atoms with Crippen molar-refractivity contribution in [1.82, 2.24) is 14.7 Å². The molecule has 1 aliphatic rings. The van der Waals surface area contributed by atoms with Gasteiger partial charge in [-0.15, -0.1) is 0 Å². The van der Waals surface area contributed by atoms with E-state index < -0.39 is 5.60 Å². The van der Waals surface area contributed by atoms with E-state index in [1.807, 2.05) is 77.3 Å². The molecule has 1 fully saturated rings. The van der Waals surface area contributed by atoms with Crippen LogP contribution in [-0.4, -0.2) is 44.4 Å². The van der Waals surface area contributed by atoms with E-state index in [0.29, 0.717) is 32.5 Å². The molecule has 0 spiro atoms. The van der Waals surface area contributed by atoms with Gasteiger partial charge in [0.2, 0.25) is 5.91 Å². The molecule has 1 N–H and O–H groups in total. The number of amides is 1. The second kappa shape index (κ2) is 7.16. The second-order valence-electron chi connectivity index (χ2n) is 7.54. The molecule has 1 atom stereocenters. The van der Waals surface area contributed by atoms with E-state index in [0.717, 1.165) is 16.5 Å². The molecule has 0 bridgehead atoms. The highest BCUT2D eigenvalue weighted by atomic mass is 16.3. The predicted molar refractivity (Wildman–Crippen MR) is 105 cm³/mol. The van der Waals surface area contributed by atoms with Gasteiger partial charge in [0.25, 0.3) is 0 Å². The van der Waals surface area contributed by atoms with E-state index in [9.17, 15) is 9.90 Å². The van der Waals surface area contributed by atoms with Gasteiger partial charge < -0.3 is 10.0 Å². The lowest BCUT2D eigenvalue weighted by Crippen LogP contribution is -2.49. The molecular formula is C22H25N3O2. The van der Waals surface area contributed by atoms with E-state index in [1.54, 1.807) is 0 Å². The summed E-state index contributed by atoms with van der Waals surface area (Å²) >= 11 is 0. The largest absolute Gasteiger partial charge is 0.388 e. The zero-order valence-corrected chi connectivity index (χ0v) is 15.6. The molecule has 0 radical (unpaired) electrons. The first-order valence-electron chi connectivity index (χ1n) is 9.52. The summed E-state index contributed by atoms with van der Waals surface area (Å²) in [5.41, 5.74) is 1.23. The van der Waals surface area contributed by atoms with E-state index >= 15 is 0 Å². The van der Waals surface area contributed by atoms with Crippen LogP contribution < -0.4 is 0 Å². The molecule has 5 heteroatoms. The molecule has 3 aromatic rings. The Hall–Kier alpha value is -2.66. The molecule has 27 heavy (non-hydrogen) atoms. The van der Waals surface area contributed by atoms with Crippen LogP contribution in [0.2, 0.25) is 0 Å². The molecule has 140 valence electrons. The fourth-order valence-electron chi connectivity index (χ4n) is 3.89. The molecule has 5 nitrogen and oxygen atoms in total. The lowest BCUT2D eigenvalue weighted by molar-refractivity contribution is -0.137. The van der Waals surface area contributed by atoms with E-state index in [4.69, 9.17) is 0 Å². The van der Waals surface area contributed by atoms with Crippen molar-refractivity contribution in [3.63, 3.8) is 0 Å². The Bertz CT molecular complexity index is 927. The van der Waals surface area contributed by atoms with Gasteiger partial charge in [0, 0.05) is 18.5 Å². The standard InChI is InChI=1S/C22H25N3O2/c1-17(18-7-3-2-4-8-18)21(26)24-13-11-22(27,12-14-24)16-25-20-10-6-5-9-19(20)15-23-25/h2-10,15,17,27H,11-14,16H2,1H3/t17-/m1/s1. The van der Waals surface area contributed by atoms with Crippen molar-refractivity contribution in [2.24, 2.45) is 0 Å². The van der Waals surface area contributed by atoms with Crippen molar-refractivity contribution in [3.05, 3.63) is 66.4 Å². The number of likely N-dealkylation sites (tertiary alicyclic amines) is 1. The Morgan fingerprint density at radius 1 is 1.11 bits per heavy atom. The third-order valence-electron chi connectivity index (χ3n) is 5.67. The quantitative estimate of drug-likeness (QED) is 0.774. The summed E-state index contributed by atoms with van der Waals surface area (Å²) in [7, 11) is 0. The van der Waals surface area contributed by atoms with Crippen molar-refractivity contribution < 1.29 is 9.90 Å². The molecule has 0 unspecified atom stereocenters. The molecule has 0 saturated carbocycles. The smallest absolute Gasteiger partial charge is 0.229 e. The zero-order valence-electron chi connectivity index (χ0n) is 15.6. The third-order valence-corrected chi connectivity index (χ3v) is 5.67. The Labute approximate surface area is 159 Å². The number of rotatable bonds is 4. The highest BCUT2D eigenvalue weighted by Crippen LogP contribution is 2.28. The first kappa shape index (κ1) is 17.7. The fraction of sp³-hybridized carbons (Fsp3) is 0.364. The number of carbonyl (C=O) groups excluding carboxylic acids is 1. The lowest BCUT2D eigenvalue weighted by Gasteiger charge is -2.39. The van der Waals surface area contributed by atoms with E-state index in [2.05, 4.69) is 5.10 Å². The molecule has 1 saturated heterocycles. The molecule has 2 aromatic carbocycles. The van der Waals surface area contributed by atoms with Gasteiger partial charge in [-0.1, -0.05) is 48.5 Å². The number of carbonyl (C=O) groups is 1. The van der Waals surface area contributed by atoms with Gasteiger partial charge in [-0.2, -0.15) is 5.10 Å². The van der Waals surface area contributed by atoms with Crippen LogP contribution in [0.3, 0.4) is 0 Å². The number of fused-ring (bicyclic) bond motifs is 1. The summed E-state index contributed by atoms with van der Waals surface area (Å²) in [6, 6.07) is 17.9. The van der Waals surface area contributed by atoms with Crippen LogP contribution in [0.15, 0.2) is 60.8 Å². The van der Waals surface area contributed by atoms with Crippen LogP contribution in [0.25, 0.3) is 10.9 Å². The zero-order chi connectivity index (χ0) is 18.9. The normalized spacial score (nSPS) is 17.8. The first-order valence-corrected chi connectivity index (χ1v) is 9.52. The average molecular weight is 363 g/mol. The Morgan fingerprint density at radius 2 is 1.78 bits per heavy atom. The minimum Gasteiger partial charge on any atom is -0.388 e. The SMILES string of the molecule is C[C@@H](C(=O)N1CCC(O)(Cn2ncc3ccccc32)CC1)c1ccccc1. The second-order valence-corrected chi connectivity index (χ2v) is 7.54. The number of hydrogen-bond donors (Lipinski definition) is 1. The summed E-state index contributed by atoms with van der Waals surface area (Å²) < 4.78 is 1.87. The summed E-state index contributed by atoms with van der Waals surface area (Å²) in [6.07, 6.45) is 2.96. The van der Waals surface area contributed by atoms with Crippen molar-refractivity contribution in [2.45, 2.75) is 37.8 Å². The van der Waals surface area contributed by atoms with Crippen LogP contribution >= 0.6 is 0 Å². The number of hydrogen-bond acceptors (Lipinski definition) is 3. The van der Waals surface area contributed by atoms with Crippen molar-refractivity contribution >= 4 is 16.8 Å². The van der Waals surface area contributed by atoms with Crippen LogP contribution in [0.1, 0.15) is 31.2 Å². The molecular weight excluding hydrogens is 338 g/mol. The number of piperidine rings is 1. The van der Waals surface area contributed by atoms with Gasteiger partial charge in [-0.05, 0) is 31.4 Å². The average Bonchev–Trinajstić information content (AvgIpc) is 3.10. The van der Waals surface area contributed by atoms with E-state index in [-0.39, 0.29) is 11.8 Å². The Morgan fingerprint density at radius 3 is 2.52 bits per heavy atom. The topological polar surface area (TPSA) is 58.4 Å². The number of para-hydroxylation sites is 1. The molecule has 2 heterocycles. The summed E-state index contributed by atoms with van der Waals surface area (Å²) in [5, 5.41) is 16.6. The maximum absolute atomic E-state index is 12.8. The van der Waals surface area contributed by atoms with Crippen molar-refractivity contribution in [2.75, 3.05) is 13.1 Å². The monoisotopic (exact) mass is 363 g/mol. The van der Waals surface area contributed by atoms with Crippen LogP contribution in [0.5, 0.6) is 0 Å². The molecule has 4 rings (SSSR count). The van der Waals surface area contributed by atoms with Gasteiger partial charge in [-0.3, -0.25) is 9.48 Å². The third kappa shape index (κ3) is 3.60. The molecule has 1 aromatic heterocycles. The fourth-order valence-corrected chi connectivity index (χ4v) is 3.89. The maximum Gasteiger partial charge on any atom is 0.229 e. The highest BCUT2D eigenvalue weighted by Gasteiger charge is 2.36. The number of nitrogens with zero attached hydrogens (tertiary/aromatic N) is 3. The minimum atomic E-state index is -0.832. The maximum atomic E-state index is 12.8. The van der Waals surface area contributed by atoms with Gasteiger partial charge in [0.1, 0.15) is 0 Å². The predicted octanol–water partition coefficient (Wildman–Crippen LogP) is 3.19. The summed E-state index contributed by atoms with van der Waals surface area (Å²) in [6.45, 7) is 3.56. The van der Waals surface area contributed by atoms with Crippen molar-refractivity contribution in [1.29, 1.82) is 0 Å². The van der Waals surface area contributed by atoms with Crippen LogP contribution in [0.4, 0.5) is 0 Å². The van der Waals surface area contributed by atoms with Gasteiger partial charge >= 0.3 is 0 Å². The van der Waals surface area contributed by atoms with Crippen LogP contribution in [0, 0.1) is 0 Å². The van der Waals surface area contributed by atoms with Gasteiger partial charge in [0.15, 0.2) is 0 Å². The molecule has 1 aliphatic heterocycles. The van der Waals surface area contributed by atoms with Gasteiger partial charge in [-0.25, -0.2) is 0 Å². The van der Waals surface area contributed by atoms with Crippen LogP contribution in [-0.2, 0) is 11.3 Å². The Kier molecular flexibility index (Phi) is 4.70. The van der Waals surface area contributed by atoms with Crippen molar-refractivity contribution in [3.8, 4) is 0 Å². The number of aromatic nitrogens is 2. The molecule has 0 aliphatic carbocycles. The summed E-state index contributed by atoms with van der Waals surface area (Å²) in [5.74, 6) is -0.0276. The molecule has 1 amide bonds. The lowest BCUT2D eigenvalue weighted by atomic mass is 9.90. The highest BCUT2D eigenvalue weighted by molar-refractivity contribution is 5.83. The first-order chi connectivity index (χ1) is 13.1. The number of aliphatic hydroxyl groups is 1.